The Hall–Kier alpha value is -3.16. The summed E-state index contributed by atoms with van der Waals surface area (Å²) in [6.45, 7) is -0.0191. The third-order valence-electron chi connectivity index (χ3n) is 4.95. The second-order valence-electron chi connectivity index (χ2n) is 6.67. The van der Waals surface area contributed by atoms with E-state index in [1.165, 1.54) is 13.4 Å². The maximum absolute atomic E-state index is 12.8. The van der Waals surface area contributed by atoms with E-state index in [1.54, 1.807) is 49.6 Å². The van der Waals surface area contributed by atoms with Crippen molar-refractivity contribution in [3.63, 3.8) is 0 Å². The first-order valence-corrected chi connectivity index (χ1v) is 9.45. The fraction of sp³-hybridized carbons (Fsp3) is 0.227. The number of carbonyl (C=O) groups excluding carboxylic acids is 1. The van der Waals surface area contributed by atoms with Gasteiger partial charge in [-0.2, -0.15) is 0 Å². The second kappa shape index (κ2) is 7.93. The number of esters is 1. The molecule has 2 aliphatic heterocycles. The van der Waals surface area contributed by atoms with Crippen LogP contribution in [-0.4, -0.2) is 32.1 Å². The third kappa shape index (κ3) is 3.46. The number of hydrogen-bond acceptors (Lipinski definition) is 7. The van der Waals surface area contributed by atoms with Crippen LogP contribution in [0, 0.1) is 0 Å². The molecule has 0 saturated carbocycles. The van der Waals surface area contributed by atoms with Gasteiger partial charge in [0, 0.05) is 17.6 Å². The Morgan fingerprint density at radius 3 is 2.50 bits per heavy atom. The summed E-state index contributed by atoms with van der Waals surface area (Å²) in [5.74, 6) is -1.36. The summed E-state index contributed by atoms with van der Waals surface area (Å²) in [4.78, 5) is 12.8. The Bertz CT molecular complexity index is 1040. The minimum atomic E-state index is -1.99. The average molecular weight is 431 g/mol. The Balaban J connectivity index is 1.81. The molecule has 0 amide bonds. The van der Waals surface area contributed by atoms with Gasteiger partial charge in [-0.05, 0) is 42.0 Å². The summed E-state index contributed by atoms with van der Waals surface area (Å²) in [6.07, 6.45) is 1.51. The lowest BCUT2D eigenvalue weighted by molar-refractivity contribution is -0.186. The topological polar surface area (TPSA) is 83.5 Å². The monoisotopic (exact) mass is 430 g/mol. The molecule has 0 saturated heterocycles. The highest BCUT2D eigenvalue weighted by Crippen LogP contribution is 2.44. The van der Waals surface area contributed by atoms with E-state index in [0.717, 1.165) is 5.56 Å². The van der Waals surface area contributed by atoms with Gasteiger partial charge in [-0.15, -0.1) is 0 Å². The van der Waals surface area contributed by atoms with Crippen LogP contribution in [0.1, 0.15) is 11.1 Å². The van der Waals surface area contributed by atoms with Crippen molar-refractivity contribution in [3.05, 3.63) is 81.8 Å². The molecule has 30 heavy (non-hydrogen) atoms. The Labute approximate surface area is 178 Å². The summed E-state index contributed by atoms with van der Waals surface area (Å²) >= 11 is 6.26. The fourth-order valence-corrected chi connectivity index (χ4v) is 3.72. The van der Waals surface area contributed by atoms with Gasteiger partial charge < -0.3 is 28.8 Å². The second-order valence-corrected chi connectivity index (χ2v) is 7.08. The van der Waals surface area contributed by atoms with E-state index in [-0.39, 0.29) is 24.5 Å². The predicted molar refractivity (Wildman–Crippen MR) is 107 cm³/mol. The summed E-state index contributed by atoms with van der Waals surface area (Å²) in [6, 6.07) is 11.9. The minimum absolute atomic E-state index is 0.0191. The number of benzene rings is 2. The maximum Gasteiger partial charge on any atom is 0.345 e. The van der Waals surface area contributed by atoms with Crippen LogP contribution >= 0.6 is 11.6 Å². The molecule has 2 aromatic rings. The number of rotatable bonds is 6. The molecule has 1 atom stereocenters. The van der Waals surface area contributed by atoms with Gasteiger partial charge in [0.15, 0.2) is 5.76 Å². The highest BCUT2D eigenvalue weighted by molar-refractivity contribution is 6.32. The summed E-state index contributed by atoms with van der Waals surface area (Å²) in [7, 11) is 3.07. The first-order chi connectivity index (χ1) is 14.5. The van der Waals surface area contributed by atoms with Crippen molar-refractivity contribution in [1.82, 2.24) is 0 Å². The Morgan fingerprint density at radius 2 is 1.90 bits per heavy atom. The van der Waals surface area contributed by atoms with Gasteiger partial charge in [-0.3, -0.25) is 0 Å². The van der Waals surface area contributed by atoms with Gasteiger partial charge in [0.05, 0.1) is 19.2 Å². The van der Waals surface area contributed by atoms with Crippen LogP contribution in [0.15, 0.2) is 65.6 Å². The molecule has 4 rings (SSSR count). The molecule has 2 aromatic carbocycles. The molecular weight excluding hydrogens is 412 g/mol. The van der Waals surface area contributed by atoms with E-state index in [2.05, 4.69) is 0 Å². The van der Waals surface area contributed by atoms with Crippen molar-refractivity contribution in [3.8, 4) is 11.5 Å². The van der Waals surface area contributed by atoms with E-state index in [4.69, 9.17) is 35.3 Å². The molecule has 0 bridgehead atoms. The van der Waals surface area contributed by atoms with Gasteiger partial charge in [0.2, 0.25) is 6.79 Å². The number of halogens is 1. The van der Waals surface area contributed by atoms with Crippen LogP contribution in [-0.2, 0) is 31.2 Å². The van der Waals surface area contributed by atoms with Crippen LogP contribution in [0.5, 0.6) is 11.5 Å². The zero-order valence-corrected chi connectivity index (χ0v) is 17.1. The molecule has 0 radical (unpaired) electrons. The molecule has 0 aliphatic carbocycles. The van der Waals surface area contributed by atoms with Crippen LogP contribution < -0.4 is 9.47 Å². The van der Waals surface area contributed by atoms with Crippen molar-refractivity contribution >= 4 is 17.6 Å². The molecule has 1 N–H and O–H groups in total. The van der Waals surface area contributed by atoms with Crippen molar-refractivity contribution in [2.45, 2.75) is 12.2 Å². The standard InChI is InChI=1S/C22H19ClO7/c1-26-15-6-4-14(5-7-15)22(25)16(9-13-3-8-18(27-2)17(23)10-13)20(21(24)30-22)19-11-28-12-29-19/h3-8,10-11,25H,9,12H2,1-2H3. The molecule has 2 heterocycles. The van der Waals surface area contributed by atoms with Gasteiger partial charge in [0.1, 0.15) is 23.3 Å². The van der Waals surface area contributed by atoms with Gasteiger partial charge in [0.25, 0.3) is 5.79 Å². The van der Waals surface area contributed by atoms with Crippen molar-refractivity contribution in [2.24, 2.45) is 0 Å². The number of methoxy groups -OCH3 is 2. The van der Waals surface area contributed by atoms with E-state index in [1.807, 2.05) is 0 Å². The normalized spacial score (nSPS) is 20.4. The van der Waals surface area contributed by atoms with E-state index in [0.29, 0.717) is 27.7 Å². The van der Waals surface area contributed by atoms with Crippen LogP contribution in [0.25, 0.3) is 0 Å². The number of ether oxygens (including phenoxy) is 5. The smallest absolute Gasteiger partial charge is 0.345 e. The highest BCUT2D eigenvalue weighted by Gasteiger charge is 2.49. The molecule has 1 unspecified atom stereocenters. The molecule has 0 fully saturated rings. The number of cyclic esters (lactones) is 1. The number of aliphatic hydroxyl groups is 1. The van der Waals surface area contributed by atoms with Crippen molar-refractivity contribution in [1.29, 1.82) is 0 Å². The lowest BCUT2D eigenvalue weighted by atomic mass is 9.89. The molecular formula is C22H19ClO7. The first kappa shape index (κ1) is 20.1. The van der Waals surface area contributed by atoms with E-state index < -0.39 is 11.8 Å². The molecule has 2 aliphatic rings. The molecule has 0 aromatic heterocycles. The highest BCUT2D eigenvalue weighted by atomic mass is 35.5. The fourth-order valence-electron chi connectivity index (χ4n) is 3.44. The quantitative estimate of drug-likeness (QED) is 0.703. The van der Waals surface area contributed by atoms with Crippen LogP contribution in [0.3, 0.4) is 0 Å². The third-order valence-corrected chi connectivity index (χ3v) is 5.25. The van der Waals surface area contributed by atoms with E-state index >= 15 is 0 Å². The zero-order valence-electron chi connectivity index (χ0n) is 16.3. The molecule has 7 nitrogen and oxygen atoms in total. The summed E-state index contributed by atoms with van der Waals surface area (Å²) in [5, 5.41) is 11.9. The lowest BCUT2D eigenvalue weighted by Gasteiger charge is -2.26. The van der Waals surface area contributed by atoms with Crippen LogP contribution in [0.2, 0.25) is 5.02 Å². The maximum atomic E-state index is 12.8. The molecule has 8 heteroatoms. The van der Waals surface area contributed by atoms with Crippen molar-refractivity contribution < 1.29 is 33.6 Å². The molecule has 0 spiro atoms. The molecule has 156 valence electrons. The van der Waals surface area contributed by atoms with Crippen molar-refractivity contribution in [2.75, 3.05) is 21.0 Å². The van der Waals surface area contributed by atoms with E-state index in [9.17, 15) is 9.90 Å². The van der Waals surface area contributed by atoms with Gasteiger partial charge in [-0.25, -0.2) is 4.79 Å². The lowest BCUT2D eigenvalue weighted by Crippen LogP contribution is -2.29. The van der Waals surface area contributed by atoms with Crippen LogP contribution in [0.4, 0.5) is 0 Å². The van der Waals surface area contributed by atoms with Gasteiger partial charge >= 0.3 is 5.97 Å². The zero-order chi connectivity index (χ0) is 21.3. The first-order valence-electron chi connectivity index (χ1n) is 9.07. The minimum Gasteiger partial charge on any atom is -0.497 e. The summed E-state index contributed by atoms with van der Waals surface area (Å²) in [5.41, 5.74) is 1.56. The summed E-state index contributed by atoms with van der Waals surface area (Å²) < 4.78 is 26.3. The Kier molecular flexibility index (Phi) is 5.32. The predicted octanol–water partition coefficient (Wildman–Crippen LogP) is 3.44. The van der Waals surface area contributed by atoms with Gasteiger partial charge in [-0.1, -0.05) is 17.7 Å². The number of hydrogen-bond donors (Lipinski definition) is 1. The largest absolute Gasteiger partial charge is 0.497 e. The Morgan fingerprint density at radius 1 is 1.13 bits per heavy atom. The SMILES string of the molecule is COc1ccc(C2(O)OC(=O)C(C3=COCO3)=C2Cc2ccc(OC)c(Cl)c2)cc1. The number of carbonyl (C=O) groups is 1. The average Bonchev–Trinajstić information content (AvgIpc) is 3.35.